The Bertz CT molecular complexity index is 778. The van der Waals surface area contributed by atoms with Crippen LogP contribution in [0.25, 0.3) is 5.65 Å². The monoisotopic (exact) mass is 344 g/mol. The Morgan fingerprint density at radius 1 is 1.33 bits per heavy atom. The molecular formula is C16H13BrN2O2. The second-order valence-electron chi connectivity index (χ2n) is 4.68. The fraction of sp³-hybridized carbons (Fsp3) is 0.125. The van der Waals surface area contributed by atoms with Gasteiger partial charge in [-0.25, -0.2) is 4.98 Å². The lowest BCUT2D eigenvalue weighted by Crippen LogP contribution is -2.01. The summed E-state index contributed by atoms with van der Waals surface area (Å²) in [6, 6.07) is 11.2. The van der Waals surface area contributed by atoms with Gasteiger partial charge >= 0.3 is 0 Å². The van der Waals surface area contributed by atoms with Crippen molar-refractivity contribution in [1.82, 2.24) is 9.38 Å². The highest BCUT2D eigenvalue weighted by molar-refractivity contribution is 9.10. The number of hydrogen-bond acceptors (Lipinski definition) is 3. The third kappa shape index (κ3) is 2.97. The van der Waals surface area contributed by atoms with Crippen LogP contribution in [0.1, 0.15) is 23.0 Å². The Morgan fingerprint density at radius 2 is 2.19 bits per heavy atom. The first-order valence-electron chi connectivity index (χ1n) is 6.49. The number of halogens is 1. The van der Waals surface area contributed by atoms with E-state index in [4.69, 9.17) is 4.74 Å². The van der Waals surface area contributed by atoms with E-state index in [1.807, 2.05) is 41.1 Å². The largest absolute Gasteiger partial charge is 0.486 e. The maximum Gasteiger partial charge on any atom is 0.163 e. The molecule has 0 saturated heterocycles. The van der Waals surface area contributed by atoms with Crippen molar-refractivity contribution in [1.29, 1.82) is 0 Å². The van der Waals surface area contributed by atoms with Gasteiger partial charge in [0.15, 0.2) is 5.78 Å². The summed E-state index contributed by atoms with van der Waals surface area (Å²) in [5, 5.41) is 0. The lowest BCUT2D eigenvalue weighted by molar-refractivity contribution is 0.101. The molecule has 0 atom stereocenters. The highest BCUT2D eigenvalue weighted by Gasteiger charge is 2.10. The summed E-state index contributed by atoms with van der Waals surface area (Å²) in [6.45, 7) is 1.85. The van der Waals surface area contributed by atoms with Crippen LogP contribution in [-0.2, 0) is 6.61 Å². The molecule has 2 heterocycles. The van der Waals surface area contributed by atoms with E-state index in [0.29, 0.717) is 17.9 Å². The molecule has 3 aromatic rings. The van der Waals surface area contributed by atoms with Crippen LogP contribution in [0.2, 0.25) is 0 Å². The quantitative estimate of drug-likeness (QED) is 0.674. The second-order valence-corrected chi connectivity index (χ2v) is 5.60. The fourth-order valence-electron chi connectivity index (χ4n) is 2.11. The van der Waals surface area contributed by atoms with Gasteiger partial charge in [0.05, 0.1) is 11.3 Å². The number of carbonyl (C=O) groups excluding carboxylic acids is 1. The molecule has 5 heteroatoms. The van der Waals surface area contributed by atoms with Gasteiger partial charge in [-0.3, -0.25) is 4.79 Å². The highest BCUT2D eigenvalue weighted by atomic mass is 79.9. The fourth-order valence-corrected chi connectivity index (χ4v) is 2.45. The van der Waals surface area contributed by atoms with Crippen LogP contribution in [0.3, 0.4) is 0 Å². The van der Waals surface area contributed by atoms with Crippen molar-refractivity contribution in [2.75, 3.05) is 0 Å². The number of Topliss-reactive ketones (excluding diaryl/α,β-unsaturated/α-hetero) is 1. The van der Waals surface area contributed by atoms with Gasteiger partial charge in [-0.1, -0.05) is 22.0 Å². The third-order valence-corrected chi connectivity index (χ3v) is 3.61. The molecule has 0 aliphatic rings. The van der Waals surface area contributed by atoms with E-state index in [-0.39, 0.29) is 5.78 Å². The molecule has 0 amide bonds. The molecule has 0 saturated carbocycles. The summed E-state index contributed by atoms with van der Waals surface area (Å²) >= 11 is 3.39. The van der Waals surface area contributed by atoms with Gasteiger partial charge in [0, 0.05) is 16.9 Å². The van der Waals surface area contributed by atoms with Crippen LogP contribution in [0.15, 0.2) is 53.3 Å². The average Bonchev–Trinajstić information content (AvgIpc) is 2.87. The van der Waals surface area contributed by atoms with Gasteiger partial charge in [0.25, 0.3) is 0 Å². The van der Waals surface area contributed by atoms with Crippen LogP contribution >= 0.6 is 15.9 Å². The predicted octanol–water partition coefficient (Wildman–Crippen LogP) is 3.88. The number of aromatic nitrogens is 2. The summed E-state index contributed by atoms with van der Waals surface area (Å²) in [4.78, 5) is 16.1. The molecular weight excluding hydrogens is 332 g/mol. The second kappa shape index (κ2) is 5.69. The smallest absolute Gasteiger partial charge is 0.163 e. The number of ketones is 1. The van der Waals surface area contributed by atoms with Crippen LogP contribution in [0, 0.1) is 0 Å². The van der Waals surface area contributed by atoms with E-state index in [9.17, 15) is 4.79 Å². The molecule has 106 valence electrons. The van der Waals surface area contributed by atoms with Crippen LogP contribution in [0.5, 0.6) is 5.75 Å². The Hall–Kier alpha value is -2.14. The minimum Gasteiger partial charge on any atom is -0.486 e. The first-order valence-corrected chi connectivity index (χ1v) is 7.29. The number of pyridine rings is 1. The SMILES string of the molecule is CC(=O)c1ccc(Br)cc1OCc1cn2ccccc2n1. The van der Waals surface area contributed by atoms with E-state index in [0.717, 1.165) is 15.8 Å². The van der Waals surface area contributed by atoms with Crippen LogP contribution in [-0.4, -0.2) is 15.2 Å². The number of hydrogen-bond donors (Lipinski definition) is 0. The van der Waals surface area contributed by atoms with Crippen molar-refractivity contribution >= 4 is 27.4 Å². The van der Waals surface area contributed by atoms with Gasteiger partial charge in [0.1, 0.15) is 18.0 Å². The predicted molar refractivity (Wildman–Crippen MR) is 83.7 cm³/mol. The van der Waals surface area contributed by atoms with Crippen molar-refractivity contribution in [3.63, 3.8) is 0 Å². The molecule has 0 unspecified atom stereocenters. The molecule has 4 nitrogen and oxygen atoms in total. The number of ether oxygens (including phenoxy) is 1. The Labute approximate surface area is 130 Å². The number of nitrogens with zero attached hydrogens (tertiary/aromatic N) is 2. The molecule has 0 spiro atoms. The standard InChI is InChI=1S/C16H13BrN2O2/c1-11(20)14-6-5-12(17)8-15(14)21-10-13-9-19-7-3-2-4-16(19)18-13/h2-9H,10H2,1H3. The van der Waals surface area contributed by atoms with E-state index >= 15 is 0 Å². The average molecular weight is 345 g/mol. The lowest BCUT2D eigenvalue weighted by atomic mass is 10.1. The van der Waals surface area contributed by atoms with Crippen molar-refractivity contribution in [3.8, 4) is 5.75 Å². The Balaban J connectivity index is 1.84. The Kier molecular flexibility index (Phi) is 3.75. The Morgan fingerprint density at radius 3 is 2.95 bits per heavy atom. The first-order chi connectivity index (χ1) is 10.1. The number of imidazole rings is 1. The summed E-state index contributed by atoms with van der Waals surface area (Å²) in [5.41, 5.74) is 2.26. The van der Waals surface area contributed by atoms with E-state index < -0.39 is 0 Å². The molecule has 0 bridgehead atoms. The molecule has 0 aliphatic carbocycles. The summed E-state index contributed by atoms with van der Waals surface area (Å²) in [5.74, 6) is 0.543. The third-order valence-electron chi connectivity index (χ3n) is 3.11. The van der Waals surface area contributed by atoms with E-state index in [1.165, 1.54) is 6.92 Å². The zero-order chi connectivity index (χ0) is 14.8. The number of rotatable bonds is 4. The van der Waals surface area contributed by atoms with Crippen LogP contribution in [0.4, 0.5) is 0 Å². The maximum atomic E-state index is 11.6. The van der Waals surface area contributed by atoms with Gasteiger partial charge < -0.3 is 9.14 Å². The topological polar surface area (TPSA) is 43.6 Å². The molecule has 1 aromatic carbocycles. The van der Waals surface area contributed by atoms with Gasteiger partial charge in [-0.15, -0.1) is 0 Å². The zero-order valence-electron chi connectivity index (χ0n) is 11.4. The summed E-state index contributed by atoms with van der Waals surface area (Å²) in [6.07, 6.45) is 3.85. The lowest BCUT2D eigenvalue weighted by Gasteiger charge is -2.09. The van der Waals surface area contributed by atoms with Crippen LogP contribution < -0.4 is 4.74 Å². The van der Waals surface area contributed by atoms with Crippen molar-refractivity contribution in [3.05, 3.63) is 64.5 Å². The maximum absolute atomic E-state index is 11.6. The summed E-state index contributed by atoms with van der Waals surface area (Å²) in [7, 11) is 0. The number of carbonyl (C=O) groups is 1. The molecule has 0 aliphatic heterocycles. The van der Waals surface area contributed by atoms with Crippen molar-refractivity contribution in [2.45, 2.75) is 13.5 Å². The normalized spacial score (nSPS) is 10.8. The molecule has 0 radical (unpaired) electrons. The minimum atomic E-state index is -0.0208. The molecule has 3 rings (SSSR count). The van der Waals surface area contributed by atoms with Crippen molar-refractivity contribution < 1.29 is 9.53 Å². The van der Waals surface area contributed by atoms with Crippen molar-refractivity contribution in [2.24, 2.45) is 0 Å². The highest BCUT2D eigenvalue weighted by Crippen LogP contribution is 2.25. The zero-order valence-corrected chi connectivity index (χ0v) is 13.0. The molecule has 0 N–H and O–H groups in total. The molecule has 21 heavy (non-hydrogen) atoms. The number of fused-ring (bicyclic) bond motifs is 1. The van der Waals surface area contributed by atoms with Gasteiger partial charge in [0.2, 0.25) is 0 Å². The summed E-state index contributed by atoms with van der Waals surface area (Å²) < 4.78 is 8.58. The van der Waals surface area contributed by atoms with E-state index in [2.05, 4.69) is 20.9 Å². The van der Waals surface area contributed by atoms with Gasteiger partial charge in [-0.2, -0.15) is 0 Å². The molecule has 0 fully saturated rings. The van der Waals surface area contributed by atoms with Gasteiger partial charge in [-0.05, 0) is 37.3 Å². The first kappa shape index (κ1) is 13.8. The van der Waals surface area contributed by atoms with E-state index in [1.54, 1.807) is 12.1 Å². The minimum absolute atomic E-state index is 0.0208. The molecule has 2 aromatic heterocycles. The number of benzene rings is 1.